The van der Waals surface area contributed by atoms with E-state index in [0.717, 1.165) is 50.3 Å². The van der Waals surface area contributed by atoms with E-state index in [1.54, 1.807) is 0 Å². The quantitative estimate of drug-likeness (QED) is 0.621. The third-order valence-electron chi connectivity index (χ3n) is 5.89. The number of aliphatic hydroxyl groups is 1. The van der Waals surface area contributed by atoms with E-state index in [1.807, 2.05) is 36.0 Å². The van der Waals surface area contributed by atoms with Crippen molar-refractivity contribution in [3.8, 4) is 0 Å². The number of hydrogen-bond acceptors (Lipinski definition) is 5. The second kappa shape index (κ2) is 10.2. The highest BCUT2D eigenvalue weighted by Crippen LogP contribution is 2.24. The van der Waals surface area contributed by atoms with Crippen molar-refractivity contribution < 1.29 is 5.11 Å². The van der Waals surface area contributed by atoms with Crippen LogP contribution in [0.15, 0.2) is 48.5 Å². The molecule has 4 rings (SSSR count). The number of hydrogen-bond donors (Lipinski definition) is 3. The summed E-state index contributed by atoms with van der Waals surface area (Å²) in [5.41, 5.74) is 3.62. The largest absolute Gasteiger partial charge is 0.387 e. The van der Waals surface area contributed by atoms with Gasteiger partial charge in [-0.25, -0.2) is 0 Å². The molecule has 29 heavy (non-hydrogen) atoms. The third kappa shape index (κ3) is 5.89. The van der Waals surface area contributed by atoms with E-state index < -0.39 is 6.10 Å². The Labute approximate surface area is 183 Å². The summed E-state index contributed by atoms with van der Waals surface area (Å²) in [6, 6.07) is 17.1. The topological polar surface area (TPSA) is 47.5 Å². The molecule has 2 atom stereocenters. The van der Waals surface area contributed by atoms with Gasteiger partial charge in [0.15, 0.2) is 0 Å². The predicted molar refractivity (Wildman–Crippen MR) is 124 cm³/mol. The van der Waals surface area contributed by atoms with Crippen LogP contribution in [0.4, 0.5) is 5.69 Å². The molecule has 0 aliphatic carbocycles. The Hall–Kier alpha value is -1.24. The van der Waals surface area contributed by atoms with Gasteiger partial charge in [0.2, 0.25) is 0 Å². The molecule has 4 nitrogen and oxygen atoms in total. The predicted octanol–water partition coefficient (Wildman–Crippen LogP) is 3.84. The fourth-order valence-corrected chi connectivity index (χ4v) is 5.36. The van der Waals surface area contributed by atoms with E-state index >= 15 is 0 Å². The third-order valence-corrected chi connectivity index (χ3v) is 7.30. The molecular formula is C23H30ClN3OS. The van der Waals surface area contributed by atoms with Gasteiger partial charge in [0.05, 0.1) is 6.10 Å². The van der Waals surface area contributed by atoms with E-state index in [0.29, 0.717) is 22.9 Å². The summed E-state index contributed by atoms with van der Waals surface area (Å²) in [5.74, 6) is 1.09. The number of nitrogens with zero attached hydrogens (tertiary/aromatic N) is 1. The summed E-state index contributed by atoms with van der Waals surface area (Å²) in [6.45, 7) is 3.78. The van der Waals surface area contributed by atoms with Crippen molar-refractivity contribution in [3.05, 3.63) is 64.7 Å². The van der Waals surface area contributed by atoms with Crippen molar-refractivity contribution >= 4 is 29.1 Å². The molecule has 0 aromatic heterocycles. The highest BCUT2D eigenvalue weighted by Gasteiger charge is 2.21. The molecule has 2 saturated heterocycles. The van der Waals surface area contributed by atoms with Gasteiger partial charge in [0, 0.05) is 54.1 Å². The first-order chi connectivity index (χ1) is 14.2. The van der Waals surface area contributed by atoms with E-state index in [-0.39, 0.29) is 0 Å². The summed E-state index contributed by atoms with van der Waals surface area (Å²) in [4.78, 5) is 2.47. The smallest absolute Gasteiger partial charge is 0.0914 e. The molecule has 0 saturated carbocycles. The highest BCUT2D eigenvalue weighted by molar-refractivity contribution is 8.00. The van der Waals surface area contributed by atoms with Gasteiger partial charge in [0.1, 0.15) is 0 Å². The van der Waals surface area contributed by atoms with Gasteiger partial charge in [0.25, 0.3) is 0 Å². The molecule has 0 radical (unpaired) electrons. The Balaban J connectivity index is 1.22. The monoisotopic (exact) mass is 431 g/mol. The van der Waals surface area contributed by atoms with Crippen molar-refractivity contribution in [1.29, 1.82) is 0 Å². The zero-order valence-electron chi connectivity index (χ0n) is 16.7. The number of thioether (sulfide) groups is 1. The summed E-state index contributed by atoms with van der Waals surface area (Å²) < 4.78 is 0. The van der Waals surface area contributed by atoms with Gasteiger partial charge in [-0.05, 0) is 54.7 Å². The molecule has 0 amide bonds. The molecule has 0 bridgehead atoms. The maximum Gasteiger partial charge on any atom is 0.0914 e. The zero-order chi connectivity index (χ0) is 20.1. The average Bonchev–Trinajstić information content (AvgIpc) is 3.26. The number of benzene rings is 2. The van der Waals surface area contributed by atoms with Gasteiger partial charge in [-0.3, -0.25) is 0 Å². The van der Waals surface area contributed by atoms with Crippen LogP contribution < -0.4 is 15.5 Å². The van der Waals surface area contributed by atoms with Crippen LogP contribution >= 0.6 is 23.4 Å². The normalized spacial score (nSPS) is 21.4. The van der Waals surface area contributed by atoms with Gasteiger partial charge in [-0.1, -0.05) is 35.9 Å². The minimum absolute atomic E-state index is 0.450. The lowest BCUT2D eigenvalue weighted by atomic mass is 10.0. The maximum atomic E-state index is 10.4. The first-order valence-electron chi connectivity index (χ1n) is 10.5. The van der Waals surface area contributed by atoms with Gasteiger partial charge >= 0.3 is 0 Å². The molecule has 2 aliphatic rings. The van der Waals surface area contributed by atoms with Crippen LogP contribution in [0.25, 0.3) is 0 Å². The van der Waals surface area contributed by atoms with Crippen LogP contribution in [-0.2, 0) is 6.42 Å². The van der Waals surface area contributed by atoms with E-state index in [9.17, 15) is 5.11 Å². The molecule has 156 valence electrons. The summed E-state index contributed by atoms with van der Waals surface area (Å²) in [5, 5.41) is 18.7. The number of halogens is 1. The minimum Gasteiger partial charge on any atom is -0.387 e. The standard InChI is InChI=1S/C23H30ClN3OS/c24-19-3-1-2-18(13-19)23(28)15-26-20-8-10-27(11-9-20)21-6-4-17(5-7-21)12-22-14-25-16-29-22/h1-7,13,20,22-23,25-26,28H,8-12,14-16H2. The first kappa shape index (κ1) is 21.0. The van der Waals surface area contributed by atoms with Crippen molar-refractivity contribution in [3.63, 3.8) is 0 Å². The van der Waals surface area contributed by atoms with Crippen LogP contribution in [0.2, 0.25) is 5.02 Å². The number of piperidine rings is 1. The van der Waals surface area contributed by atoms with Crippen LogP contribution in [0.1, 0.15) is 30.1 Å². The van der Waals surface area contributed by atoms with Crippen LogP contribution in [0, 0.1) is 0 Å². The number of nitrogens with one attached hydrogen (secondary N) is 2. The Morgan fingerprint density at radius 3 is 2.66 bits per heavy atom. The second-order valence-electron chi connectivity index (χ2n) is 8.00. The molecule has 2 aromatic rings. The van der Waals surface area contributed by atoms with E-state index in [1.165, 1.54) is 11.3 Å². The SMILES string of the molecule is OC(CNC1CCN(c2ccc(CC3CNCS3)cc2)CC1)c1cccc(Cl)c1. The lowest BCUT2D eigenvalue weighted by Gasteiger charge is -2.34. The fourth-order valence-electron chi connectivity index (χ4n) is 4.14. The van der Waals surface area contributed by atoms with Crippen LogP contribution in [-0.4, -0.2) is 48.5 Å². The zero-order valence-corrected chi connectivity index (χ0v) is 18.3. The molecule has 2 aliphatic heterocycles. The first-order valence-corrected chi connectivity index (χ1v) is 11.9. The van der Waals surface area contributed by atoms with E-state index in [2.05, 4.69) is 39.8 Å². The molecular weight excluding hydrogens is 402 g/mol. The van der Waals surface area contributed by atoms with Crippen LogP contribution in [0.3, 0.4) is 0 Å². The van der Waals surface area contributed by atoms with Crippen LogP contribution in [0.5, 0.6) is 0 Å². The summed E-state index contributed by atoms with van der Waals surface area (Å²) >= 11 is 8.05. The maximum absolute atomic E-state index is 10.4. The Bertz CT molecular complexity index is 774. The highest BCUT2D eigenvalue weighted by atomic mass is 35.5. The lowest BCUT2D eigenvalue weighted by Crippen LogP contribution is -2.43. The molecule has 2 fully saturated rings. The molecule has 2 unspecified atom stereocenters. The van der Waals surface area contributed by atoms with Gasteiger partial charge in [-0.2, -0.15) is 0 Å². The fraction of sp³-hybridized carbons (Fsp3) is 0.478. The minimum atomic E-state index is -0.521. The molecule has 2 aromatic carbocycles. The molecule has 0 spiro atoms. The number of anilines is 1. The number of aliphatic hydroxyl groups excluding tert-OH is 1. The molecule has 2 heterocycles. The van der Waals surface area contributed by atoms with Gasteiger partial charge < -0.3 is 20.6 Å². The van der Waals surface area contributed by atoms with Crippen molar-refractivity contribution in [1.82, 2.24) is 10.6 Å². The molecule has 6 heteroatoms. The molecule has 3 N–H and O–H groups in total. The average molecular weight is 432 g/mol. The van der Waals surface area contributed by atoms with E-state index in [4.69, 9.17) is 11.6 Å². The van der Waals surface area contributed by atoms with Crippen molar-refractivity contribution in [2.24, 2.45) is 0 Å². The van der Waals surface area contributed by atoms with Gasteiger partial charge in [-0.15, -0.1) is 11.8 Å². The Morgan fingerprint density at radius 1 is 1.17 bits per heavy atom. The lowest BCUT2D eigenvalue weighted by molar-refractivity contribution is 0.167. The Morgan fingerprint density at radius 2 is 1.97 bits per heavy atom. The second-order valence-corrected chi connectivity index (χ2v) is 9.72. The van der Waals surface area contributed by atoms with Crippen molar-refractivity contribution in [2.75, 3.05) is 37.0 Å². The van der Waals surface area contributed by atoms with Crippen molar-refractivity contribution in [2.45, 2.75) is 36.7 Å². The Kier molecular flexibility index (Phi) is 7.38. The summed E-state index contributed by atoms with van der Waals surface area (Å²) in [7, 11) is 0. The summed E-state index contributed by atoms with van der Waals surface area (Å²) in [6.07, 6.45) is 2.81. The number of rotatable bonds is 7.